The molecule has 2 heterocycles. The van der Waals surface area contributed by atoms with E-state index in [1.807, 2.05) is 26.0 Å². The SMILES string of the molecule is CCc1c(N)noc1-c1cccnc1C. The average molecular weight is 203 g/mol. The number of anilines is 1. The molecule has 0 amide bonds. The smallest absolute Gasteiger partial charge is 0.174 e. The van der Waals surface area contributed by atoms with Crippen LogP contribution in [-0.4, -0.2) is 10.1 Å². The van der Waals surface area contributed by atoms with Crippen molar-refractivity contribution < 1.29 is 4.52 Å². The van der Waals surface area contributed by atoms with Crippen LogP contribution in [0.3, 0.4) is 0 Å². The molecule has 2 aromatic heterocycles. The highest BCUT2D eigenvalue weighted by Gasteiger charge is 2.15. The standard InChI is InChI=1S/C11H13N3O/c1-3-8-10(15-14-11(8)12)9-5-4-6-13-7(9)2/h4-6H,3H2,1-2H3,(H2,12,14). The van der Waals surface area contributed by atoms with Crippen LogP contribution in [0.15, 0.2) is 22.9 Å². The molecule has 4 heteroatoms. The lowest BCUT2D eigenvalue weighted by atomic mass is 10.1. The number of hydrogen-bond acceptors (Lipinski definition) is 4. The number of rotatable bonds is 2. The molecule has 0 spiro atoms. The van der Waals surface area contributed by atoms with E-state index >= 15 is 0 Å². The van der Waals surface area contributed by atoms with Crippen LogP contribution < -0.4 is 5.73 Å². The van der Waals surface area contributed by atoms with Crippen molar-refractivity contribution in [2.45, 2.75) is 20.3 Å². The third-order valence-electron chi connectivity index (χ3n) is 2.42. The van der Waals surface area contributed by atoms with E-state index in [4.69, 9.17) is 10.3 Å². The number of aromatic nitrogens is 2. The van der Waals surface area contributed by atoms with Gasteiger partial charge in [0.05, 0.1) is 0 Å². The van der Waals surface area contributed by atoms with Gasteiger partial charge in [-0.2, -0.15) is 0 Å². The molecule has 0 fully saturated rings. The fourth-order valence-corrected chi connectivity index (χ4v) is 1.60. The minimum Gasteiger partial charge on any atom is -0.381 e. The summed E-state index contributed by atoms with van der Waals surface area (Å²) in [5.74, 6) is 1.20. The molecule has 0 aromatic carbocycles. The Morgan fingerprint density at radius 3 is 2.93 bits per heavy atom. The van der Waals surface area contributed by atoms with E-state index in [1.54, 1.807) is 6.20 Å². The minimum atomic E-state index is 0.468. The summed E-state index contributed by atoms with van der Waals surface area (Å²) in [4.78, 5) is 4.21. The van der Waals surface area contributed by atoms with Gasteiger partial charge in [-0.05, 0) is 25.5 Å². The summed E-state index contributed by atoms with van der Waals surface area (Å²) in [5, 5.41) is 3.78. The predicted octanol–water partition coefficient (Wildman–Crippen LogP) is 2.19. The van der Waals surface area contributed by atoms with Crippen molar-refractivity contribution in [3.63, 3.8) is 0 Å². The van der Waals surface area contributed by atoms with Crippen molar-refractivity contribution in [3.8, 4) is 11.3 Å². The topological polar surface area (TPSA) is 64.9 Å². The molecule has 0 unspecified atom stereocenters. The minimum absolute atomic E-state index is 0.468. The van der Waals surface area contributed by atoms with Crippen LogP contribution in [0.2, 0.25) is 0 Å². The molecule has 2 rings (SSSR count). The normalized spacial score (nSPS) is 10.5. The van der Waals surface area contributed by atoms with Gasteiger partial charge in [0, 0.05) is 23.0 Å². The number of hydrogen-bond donors (Lipinski definition) is 1. The first-order chi connectivity index (χ1) is 7.24. The maximum atomic E-state index is 5.71. The molecule has 0 atom stereocenters. The largest absolute Gasteiger partial charge is 0.381 e. The van der Waals surface area contributed by atoms with E-state index < -0.39 is 0 Å². The zero-order valence-corrected chi connectivity index (χ0v) is 8.82. The summed E-state index contributed by atoms with van der Waals surface area (Å²) in [5.41, 5.74) is 8.54. The summed E-state index contributed by atoms with van der Waals surface area (Å²) in [6.45, 7) is 3.96. The van der Waals surface area contributed by atoms with Crippen molar-refractivity contribution in [2.75, 3.05) is 5.73 Å². The van der Waals surface area contributed by atoms with Gasteiger partial charge in [0.15, 0.2) is 11.6 Å². The van der Waals surface area contributed by atoms with E-state index in [0.717, 1.165) is 29.0 Å². The molecule has 0 saturated carbocycles. The van der Waals surface area contributed by atoms with Crippen molar-refractivity contribution >= 4 is 5.82 Å². The first-order valence-corrected chi connectivity index (χ1v) is 4.90. The average Bonchev–Trinajstić information content (AvgIpc) is 2.60. The molecule has 4 nitrogen and oxygen atoms in total. The van der Waals surface area contributed by atoms with Gasteiger partial charge in [-0.15, -0.1) is 0 Å². The lowest BCUT2D eigenvalue weighted by molar-refractivity contribution is 0.434. The second kappa shape index (κ2) is 3.73. The van der Waals surface area contributed by atoms with Crippen LogP contribution in [-0.2, 0) is 6.42 Å². The second-order valence-corrected chi connectivity index (χ2v) is 3.37. The maximum absolute atomic E-state index is 5.71. The van der Waals surface area contributed by atoms with Gasteiger partial charge in [-0.1, -0.05) is 12.1 Å². The monoisotopic (exact) mass is 203 g/mol. The quantitative estimate of drug-likeness (QED) is 0.812. The van der Waals surface area contributed by atoms with Gasteiger partial charge in [-0.3, -0.25) is 4.98 Å². The number of nitrogens with two attached hydrogens (primary N) is 1. The third-order valence-corrected chi connectivity index (χ3v) is 2.42. The number of nitrogen functional groups attached to an aromatic ring is 1. The lowest BCUT2D eigenvalue weighted by Gasteiger charge is -2.01. The number of nitrogens with zero attached hydrogens (tertiary/aromatic N) is 2. The molecule has 2 N–H and O–H groups in total. The summed E-state index contributed by atoms with van der Waals surface area (Å²) >= 11 is 0. The first kappa shape index (κ1) is 9.71. The summed E-state index contributed by atoms with van der Waals surface area (Å²) in [6, 6.07) is 3.84. The Bertz CT molecular complexity index is 476. The first-order valence-electron chi connectivity index (χ1n) is 4.90. The van der Waals surface area contributed by atoms with Crippen molar-refractivity contribution in [3.05, 3.63) is 29.6 Å². The van der Waals surface area contributed by atoms with Crippen LogP contribution in [0, 0.1) is 6.92 Å². The highest BCUT2D eigenvalue weighted by atomic mass is 16.5. The molecular formula is C11H13N3O. The van der Waals surface area contributed by atoms with E-state index in [2.05, 4.69) is 10.1 Å². The van der Waals surface area contributed by atoms with Crippen molar-refractivity contribution in [1.82, 2.24) is 10.1 Å². The molecule has 0 aliphatic carbocycles. The van der Waals surface area contributed by atoms with Crippen molar-refractivity contribution in [2.24, 2.45) is 0 Å². The van der Waals surface area contributed by atoms with Gasteiger partial charge in [0.25, 0.3) is 0 Å². The highest BCUT2D eigenvalue weighted by molar-refractivity contribution is 5.67. The van der Waals surface area contributed by atoms with Crippen LogP contribution >= 0.6 is 0 Å². The second-order valence-electron chi connectivity index (χ2n) is 3.37. The van der Waals surface area contributed by atoms with Gasteiger partial charge in [-0.25, -0.2) is 0 Å². The predicted molar refractivity (Wildman–Crippen MR) is 58.3 cm³/mol. The van der Waals surface area contributed by atoms with Crippen LogP contribution in [0.4, 0.5) is 5.82 Å². The fraction of sp³-hybridized carbons (Fsp3) is 0.273. The van der Waals surface area contributed by atoms with Gasteiger partial charge in [0.1, 0.15) is 0 Å². The maximum Gasteiger partial charge on any atom is 0.174 e. The number of aryl methyl sites for hydroxylation is 1. The van der Waals surface area contributed by atoms with E-state index in [0.29, 0.717) is 5.82 Å². The Kier molecular flexibility index (Phi) is 2.41. The number of pyridine rings is 1. The lowest BCUT2D eigenvalue weighted by Crippen LogP contribution is -1.92. The Morgan fingerprint density at radius 2 is 2.27 bits per heavy atom. The Balaban J connectivity index is 2.59. The van der Waals surface area contributed by atoms with Gasteiger partial charge in [0.2, 0.25) is 0 Å². The van der Waals surface area contributed by atoms with Crippen LogP contribution in [0.25, 0.3) is 11.3 Å². The molecule has 0 aliphatic rings. The molecule has 0 saturated heterocycles. The molecule has 0 aliphatic heterocycles. The van der Waals surface area contributed by atoms with Crippen molar-refractivity contribution in [1.29, 1.82) is 0 Å². The zero-order chi connectivity index (χ0) is 10.8. The van der Waals surface area contributed by atoms with E-state index in [-0.39, 0.29) is 0 Å². The Hall–Kier alpha value is -1.84. The Labute approximate surface area is 88.1 Å². The summed E-state index contributed by atoms with van der Waals surface area (Å²) in [7, 11) is 0. The Morgan fingerprint density at radius 1 is 1.47 bits per heavy atom. The van der Waals surface area contributed by atoms with Gasteiger partial charge >= 0.3 is 0 Å². The molecular weight excluding hydrogens is 190 g/mol. The molecule has 0 bridgehead atoms. The zero-order valence-electron chi connectivity index (χ0n) is 8.82. The molecule has 2 aromatic rings. The van der Waals surface area contributed by atoms with E-state index in [1.165, 1.54) is 0 Å². The van der Waals surface area contributed by atoms with Gasteiger partial charge < -0.3 is 10.3 Å². The van der Waals surface area contributed by atoms with E-state index in [9.17, 15) is 0 Å². The van der Waals surface area contributed by atoms with Crippen LogP contribution in [0.5, 0.6) is 0 Å². The molecule has 78 valence electrons. The molecule has 15 heavy (non-hydrogen) atoms. The summed E-state index contributed by atoms with van der Waals surface area (Å²) in [6.07, 6.45) is 2.56. The fourth-order valence-electron chi connectivity index (χ4n) is 1.60. The summed E-state index contributed by atoms with van der Waals surface area (Å²) < 4.78 is 5.24. The third kappa shape index (κ3) is 1.58. The highest BCUT2D eigenvalue weighted by Crippen LogP contribution is 2.29. The van der Waals surface area contributed by atoms with Crippen LogP contribution in [0.1, 0.15) is 18.2 Å². The molecule has 0 radical (unpaired) electrons.